The van der Waals surface area contributed by atoms with Gasteiger partial charge in [-0.1, -0.05) is 29.5 Å². The van der Waals surface area contributed by atoms with Gasteiger partial charge in [-0.05, 0) is 19.5 Å². The van der Waals surface area contributed by atoms with Gasteiger partial charge in [0.15, 0.2) is 0 Å². The Morgan fingerprint density at radius 1 is 1.70 bits per heavy atom. The van der Waals surface area contributed by atoms with Gasteiger partial charge in [-0.2, -0.15) is 0 Å². The number of piperidine rings is 1. The average molecular weight is 257 g/mol. The molecule has 0 aromatic carbocycles. The topological polar surface area (TPSA) is 3.24 Å². The minimum Gasteiger partial charge on any atom is -0.301 e. The van der Waals surface area contributed by atoms with Crippen LogP contribution in [0, 0.1) is 0 Å². The van der Waals surface area contributed by atoms with Crippen LogP contribution in [0.1, 0.15) is 13.3 Å². The number of nitrogens with zero attached hydrogens (tertiary/aromatic N) is 1. The first-order chi connectivity index (χ1) is 4.74. The molecule has 0 aliphatic carbocycles. The molecule has 0 aromatic rings. The molecule has 2 atom stereocenters. The van der Waals surface area contributed by atoms with Crippen molar-refractivity contribution in [3.8, 4) is 0 Å². The molecule has 1 heterocycles. The molecule has 0 saturated carbocycles. The molecular formula is C7H13FIN. The van der Waals surface area contributed by atoms with E-state index in [1.807, 2.05) is 0 Å². The SMILES string of the molecule is CCN1CCC(I)C(F)C1. The van der Waals surface area contributed by atoms with Gasteiger partial charge < -0.3 is 4.90 Å². The molecule has 0 radical (unpaired) electrons. The van der Waals surface area contributed by atoms with Gasteiger partial charge in [0.2, 0.25) is 0 Å². The molecular weight excluding hydrogens is 244 g/mol. The van der Waals surface area contributed by atoms with Gasteiger partial charge in [0.25, 0.3) is 0 Å². The van der Waals surface area contributed by atoms with Crippen LogP contribution in [0.5, 0.6) is 0 Å². The summed E-state index contributed by atoms with van der Waals surface area (Å²) < 4.78 is 13.2. The minimum atomic E-state index is -0.603. The zero-order chi connectivity index (χ0) is 7.56. The van der Waals surface area contributed by atoms with Crippen molar-refractivity contribution in [2.45, 2.75) is 23.4 Å². The number of rotatable bonds is 1. The van der Waals surface area contributed by atoms with E-state index in [0.717, 1.165) is 19.5 Å². The third-order valence-electron chi connectivity index (χ3n) is 1.99. The van der Waals surface area contributed by atoms with E-state index in [1.54, 1.807) is 0 Å². The summed E-state index contributed by atoms with van der Waals surface area (Å²) in [4.78, 5) is 2.17. The summed E-state index contributed by atoms with van der Waals surface area (Å²) in [5.74, 6) is 0. The Balaban J connectivity index is 2.33. The molecule has 1 aliphatic rings. The summed E-state index contributed by atoms with van der Waals surface area (Å²) in [5.41, 5.74) is 0. The molecule has 1 rings (SSSR count). The smallest absolute Gasteiger partial charge is 0.124 e. The summed E-state index contributed by atoms with van der Waals surface area (Å²) in [6.45, 7) is 4.79. The van der Waals surface area contributed by atoms with Gasteiger partial charge in [0.05, 0.1) is 0 Å². The van der Waals surface area contributed by atoms with E-state index in [2.05, 4.69) is 34.4 Å². The zero-order valence-electron chi connectivity index (χ0n) is 6.19. The van der Waals surface area contributed by atoms with Crippen LogP contribution in [0.25, 0.3) is 0 Å². The predicted octanol–water partition coefficient (Wildman–Crippen LogP) is 1.85. The van der Waals surface area contributed by atoms with Crippen molar-refractivity contribution in [2.75, 3.05) is 19.6 Å². The number of halogens is 2. The van der Waals surface area contributed by atoms with Crippen LogP contribution < -0.4 is 0 Å². The molecule has 0 N–H and O–H groups in total. The lowest BCUT2D eigenvalue weighted by Gasteiger charge is -2.30. The first-order valence-electron chi connectivity index (χ1n) is 3.74. The minimum absolute atomic E-state index is 0.250. The fraction of sp³-hybridized carbons (Fsp3) is 1.00. The highest BCUT2D eigenvalue weighted by Gasteiger charge is 2.25. The van der Waals surface area contributed by atoms with Crippen LogP contribution in [0.2, 0.25) is 0 Å². The van der Waals surface area contributed by atoms with E-state index in [1.165, 1.54) is 0 Å². The third kappa shape index (κ3) is 2.05. The largest absolute Gasteiger partial charge is 0.301 e. The highest BCUT2D eigenvalue weighted by atomic mass is 127. The molecule has 1 aliphatic heterocycles. The molecule has 1 nitrogen and oxygen atoms in total. The Morgan fingerprint density at radius 3 is 2.90 bits per heavy atom. The molecule has 3 heteroatoms. The van der Waals surface area contributed by atoms with Crippen molar-refractivity contribution >= 4 is 22.6 Å². The standard InChI is InChI=1S/C7H13FIN/c1-2-10-4-3-7(9)6(8)5-10/h6-7H,2-5H2,1H3. The molecule has 10 heavy (non-hydrogen) atoms. The second kappa shape index (κ2) is 3.85. The van der Waals surface area contributed by atoms with E-state index in [9.17, 15) is 4.39 Å². The van der Waals surface area contributed by atoms with Gasteiger partial charge in [-0.3, -0.25) is 0 Å². The van der Waals surface area contributed by atoms with Crippen LogP contribution in [-0.2, 0) is 0 Å². The number of hydrogen-bond acceptors (Lipinski definition) is 1. The van der Waals surface area contributed by atoms with Crippen molar-refractivity contribution in [2.24, 2.45) is 0 Å². The lowest BCUT2D eigenvalue weighted by Crippen LogP contribution is -2.41. The zero-order valence-corrected chi connectivity index (χ0v) is 8.34. The summed E-state index contributed by atoms with van der Waals surface area (Å²) in [6, 6.07) is 0. The normalized spacial score (nSPS) is 36.3. The highest BCUT2D eigenvalue weighted by molar-refractivity contribution is 14.1. The maximum absolute atomic E-state index is 13.0. The van der Waals surface area contributed by atoms with E-state index in [4.69, 9.17) is 0 Å². The number of likely N-dealkylation sites (tertiary alicyclic amines) is 1. The van der Waals surface area contributed by atoms with Crippen molar-refractivity contribution in [3.05, 3.63) is 0 Å². The van der Waals surface area contributed by atoms with Crippen molar-refractivity contribution in [1.82, 2.24) is 4.90 Å². The van der Waals surface area contributed by atoms with Crippen LogP contribution >= 0.6 is 22.6 Å². The lowest BCUT2D eigenvalue weighted by atomic mass is 10.1. The predicted molar refractivity (Wildman–Crippen MR) is 49.4 cm³/mol. The summed E-state index contributed by atoms with van der Waals surface area (Å²) >= 11 is 2.21. The summed E-state index contributed by atoms with van der Waals surface area (Å²) in [5, 5.41) is 0. The Bertz CT molecular complexity index is 110. The van der Waals surface area contributed by atoms with Crippen LogP contribution in [0.3, 0.4) is 0 Å². The van der Waals surface area contributed by atoms with Gasteiger partial charge in [0, 0.05) is 10.5 Å². The Labute approximate surface area is 75.1 Å². The Hall–Kier alpha value is 0.620. The Morgan fingerprint density at radius 2 is 2.40 bits per heavy atom. The third-order valence-corrected chi connectivity index (χ3v) is 3.40. The molecule has 0 aromatic heterocycles. The molecule has 0 amide bonds. The van der Waals surface area contributed by atoms with Gasteiger partial charge in [0.1, 0.15) is 6.17 Å². The summed E-state index contributed by atoms with van der Waals surface area (Å²) in [6.07, 6.45) is 0.407. The highest BCUT2D eigenvalue weighted by Crippen LogP contribution is 2.20. The van der Waals surface area contributed by atoms with Crippen LogP contribution in [0.15, 0.2) is 0 Å². The average Bonchev–Trinajstić information content (AvgIpc) is 1.95. The molecule has 2 unspecified atom stereocenters. The molecule has 1 saturated heterocycles. The number of alkyl halides is 2. The van der Waals surface area contributed by atoms with Crippen molar-refractivity contribution in [1.29, 1.82) is 0 Å². The van der Waals surface area contributed by atoms with Gasteiger partial charge in [-0.15, -0.1) is 0 Å². The van der Waals surface area contributed by atoms with Gasteiger partial charge >= 0.3 is 0 Å². The van der Waals surface area contributed by atoms with Gasteiger partial charge in [-0.25, -0.2) is 4.39 Å². The summed E-state index contributed by atoms with van der Waals surface area (Å²) in [7, 11) is 0. The van der Waals surface area contributed by atoms with Crippen molar-refractivity contribution < 1.29 is 4.39 Å². The Kier molecular flexibility index (Phi) is 3.36. The van der Waals surface area contributed by atoms with E-state index in [0.29, 0.717) is 6.54 Å². The van der Waals surface area contributed by atoms with E-state index >= 15 is 0 Å². The lowest BCUT2D eigenvalue weighted by molar-refractivity contribution is 0.155. The first-order valence-corrected chi connectivity index (χ1v) is 4.99. The fourth-order valence-electron chi connectivity index (χ4n) is 1.23. The molecule has 1 fully saturated rings. The molecule has 0 bridgehead atoms. The molecule has 0 spiro atoms. The second-order valence-corrected chi connectivity index (χ2v) is 4.31. The number of hydrogen-bond donors (Lipinski definition) is 0. The quantitative estimate of drug-likeness (QED) is 0.512. The second-order valence-electron chi connectivity index (χ2n) is 2.71. The maximum Gasteiger partial charge on any atom is 0.124 e. The maximum atomic E-state index is 13.0. The van der Waals surface area contributed by atoms with E-state index in [-0.39, 0.29) is 3.92 Å². The van der Waals surface area contributed by atoms with E-state index < -0.39 is 6.17 Å². The first kappa shape index (κ1) is 8.71. The van der Waals surface area contributed by atoms with Crippen LogP contribution in [0.4, 0.5) is 4.39 Å². The monoisotopic (exact) mass is 257 g/mol. The molecule has 60 valence electrons. The van der Waals surface area contributed by atoms with Crippen molar-refractivity contribution in [3.63, 3.8) is 0 Å². The fourth-order valence-corrected chi connectivity index (χ4v) is 1.73. The van der Waals surface area contributed by atoms with Crippen LogP contribution in [-0.4, -0.2) is 34.6 Å².